The molecule has 0 aliphatic heterocycles. The molecule has 0 aliphatic carbocycles. The normalized spacial score (nSPS) is 10.8. The van der Waals surface area contributed by atoms with Crippen LogP contribution in [0.1, 0.15) is 35.9 Å². The van der Waals surface area contributed by atoms with Gasteiger partial charge in [0.05, 0.1) is 16.3 Å². The van der Waals surface area contributed by atoms with Gasteiger partial charge in [-0.2, -0.15) is 5.10 Å². The Kier molecular flexibility index (Phi) is 4.87. The van der Waals surface area contributed by atoms with Gasteiger partial charge in [-0.1, -0.05) is 26.0 Å². The molecule has 0 aliphatic rings. The van der Waals surface area contributed by atoms with Crippen LogP contribution in [0.25, 0.3) is 0 Å². The van der Waals surface area contributed by atoms with Crippen LogP contribution in [0.2, 0.25) is 0 Å². The maximum absolute atomic E-state index is 12.5. The standard InChI is InChI=1S/C16H21N5O3/c1-10(2)13-14(15(20(5)18-13)16(22)19(3)4)17-11-8-6-7-9-12(11)21(23)24/h6-10,17H,1-5H3. The summed E-state index contributed by atoms with van der Waals surface area (Å²) in [6.07, 6.45) is 0. The number of aromatic nitrogens is 2. The number of hydrogen-bond donors (Lipinski definition) is 1. The van der Waals surface area contributed by atoms with Gasteiger partial charge in [0.2, 0.25) is 0 Å². The van der Waals surface area contributed by atoms with Crippen molar-refractivity contribution in [1.82, 2.24) is 14.7 Å². The second kappa shape index (κ2) is 6.69. The van der Waals surface area contributed by atoms with E-state index in [0.717, 1.165) is 0 Å². The Morgan fingerprint density at radius 1 is 1.33 bits per heavy atom. The van der Waals surface area contributed by atoms with E-state index < -0.39 is 4.92 Å². The first kappa shape index (κ1) is 17.5. The number of nitrogens with zero attached hydrogens (tertiary/aromatic N) is 4. The highest BCUT2D eigenvalue weighted by atomic mass is 16.6. The molecular weight excluding hydrogens is 310 g/mol. The van der Waals surface area contributed by atoms with Crippen LogP contribution < -0.4 is 5.32 Å². The third kappa shape index (κ3) is 3.22. The molecule has 2 rings (SSSR count). The fourth-order valence-corrected chi connectivity index (χ4v) is 2.40. The average molecular weight is 331 g/mol. The summed E-state index contributed by atoms with van der Waals surface area (Å²) in [5, 5.41) is 18.7. The summed E-state index contributed by atoms with van der Waals surface area (Å²) in [5.41, 5.74) is 1.81. The lowest BCUT2D eigenvalue weighted by molar-refractivity contribution is -0.383. The number of amides is 1. The van der Waals surface area contributed by atoms with Crippen LogP contribution in [0.5, 0.6) is 0 Å². The van der Waals surface area contributed by atoms with Gasteiger partial charge in [-0.05, 0) is 12.0 Å². The van der Waals surface area contributed by atoms with E-state index in [2.05, 4.69) is 10.4 Å². The first-order chi connectivity index (χ1) is 11.2. The minimum absolute atomic E-state index is 0.0465. The Morgan fingerprint density at radius 3 is 2.50 bits per heavy atom. The number of benzene rings is 1. The van der Waals surface area contributed by atoms with Crippen LogP contribution in [-0.2, 0) is 7.05 Å². The molecule has 8 nitrogen and oxygen atoms in total. The molecule has 0 fully saturated rings. The molecule has 1 aromatic heterocycles. The zero-order chi connectivity index (χ0) is 18.0. The largest absolute Gasteiger partial charge is 0.346 e. The highest BCUT2D eigenvalue weighted by Gasteiger charge is 2.26. The lowest BCUT2D eigenvalue weighted by Crippen LogP contribution is -2.25. The van der Waals surface area contributed by atoms with Crippen LogP contribution in [0.4, 0.5) is 17.1 Å². The van der Waals surface area contributed by atoms with Crippen molar-refractivity contribution in [2.24, 2.45) is 7.05 Å². The average Bonchev–Trinajstić information content (AvgIpc) is 2.83. The molecule has 0 saturated carbocycles. The number of carbonyl (C=O) groups excluding carboxylic acids is 1. The fourth-order valence-electron chi connectivity index (χ4n) is 2.40. The molecule has 1 aromatic carbocycles. The molecule has 0 spiro atoms. The first-order valence-electron chi connectivity index (χ1n) is 7.53. The highest BCUT2D eigenvalue weighted by Crippen LogP contribution is 2.33. The SMILES string of the molecule is CC(C)c1nn(C)c(C(=O)N(C)C)c1Nc1ccccc1[N+](=O)[O-]. The molecular formula is C16H21N5O3. The van der Waals surface area contributed by atoms with Gasteiger partial charge in [0, 0.05) is 27.2 Å². The minimum Gasteiger partial charge on any atom is -0.346 e. The van der Waals surface area contributed by atoms with Crippen molar-refractivity contribution in [3.63, 3.8) is 0 Å². The molecule has 1 amide bonds. The van der Waals surface area contributed by atoms with Crippen LogP contribution in [-0.4, -0.2) is 39.6 Å². The van der Waals surface area contributed by atoms with Gasteiger partial charge in [0.15, 0.2) is 0 Å². The summed E-state index contributed by atoms with van der Waals surface area (Å²) in [6, 6.07) is 6.33. The monoisotopic (exact) mass is 331 g/mol. The number of para-hydroxylation sites is 2. The fraction of sp³-hybridized carbons (Fsp3) is 0.375. The molecule has 8 heteroatoms. The summed E-state index contributed by atoms with van der Waals surface area (Å²) < 4.78 is 1.51. The Morgan fingerprint density at radius 2 is 1.96 bits per heavy atom. The molecule has 24 heavy (non-hydrogen) atoms. The number of carbonyl (C=O) groups is 1. The lowest BCUT2D eigenvalue weighted by Gasteiger charge is -2.14. The zero-order valence-corrected chi connectivity index (χ0v) is 14.4. The number of anilines is 2. The van der Waals surface area contributed by atoms with Gasteiger partial charge in [0.1, 0.15) is 11.4 Å². The molecule has 128 valence electrons. The summed E-state index contributed by atoms with van der Waals surface area (Å²) in [5.74, 6) is -0.178. The van der Waals surface area contributed by atoms with E-state index in [0.29, 0.717) is 22.8 Å². The highest BCUT2D eigenvalue weighted by molar-refractivity contribution is 5.99. The van der Waals surface area contributed by atoms with Crippen LogP contribution in [0.3, 0.4) is 0 Å². The van der Waals surface area contributed by atoms with Gasteiger partial charge in [0.25, 0.3) is 11.6 Å². The predicted octanol–water partition coefficient (Wildman–Crippen LogP) is 2.90. The van der Waals surface area contributed by atoms with Gasteiger partial charge in [-0.25, -0.2) is 0 Å². The minimum atomic E-state index is -0.457. The molecule has 0 atom stereocenters. The molecule has 0 bridgehead atoms. The predicted molar refractivity (Wildman–Crippen MR) is 91.7 cm³/mol. The summed E-state index contributed by atoms with van der Waals surface area (Å²) in [7, 11) is 4.99. The summed E-state index contributed by atoms with van der Waals surface area (Å²) in [6.45, 7) is 3.91. The Bertz CT molecular complexity index is 780. The van der Waals surface area contributed by atoms with E-state index in [-0.39, 0.29) is 17.5 Å². The van der Waals surface area contributed by atoms with Gasteiger partial charge >= 0.3 is 0 Å². The van der Waals surface area contributed by atoms with E-state index in [1.807, 2.05) is 13.8 Å². The maximum Gasteiger partial charge on any atom is 0.292 e. The van der Waals surface area contributed by atoms with E-state index >= 15 is 0 Å². The van der Waals surface area contributed by atoms with Crippen molar-refractivity contribution in [2.75, 3.05) is 19.4 Å². The van der Waals surface area contributed by atoms with Crippen molar-refractivity contribution >= 4 is 23.0 Å². The Labute approximate surface area is 140 Å². The first-order valence-corrected chi connectivity index (χ1v) is 7.53. The smallest absolute Gasteiger partial charge is 0.292 e. The van der Waals surface area contributed by atoms with E-state index in [4.69, 9.17) is 0 Å². The van der Waals surface area contributed by atoms with E-state index in [1.54, 1.807) is 39.3 Å². The van der Waals surface area contributed by atoms with Gasteiger partial charge in [-0.3, -0.25) is 19.6 Å². The number of nitro benzene ring substituents is 1. The molecule has 1 N–H and O–H groups in total. The number of rotatable bonds is 5. The van der Waals surface area contributed by atoms with Crippen molar-refractivity contribution in [3.05, 3.63) is 45.8 Å². The zero-order valence-electron chi connectivity index (χ0n) is 14.4. The number of nitrogens with one attached hydrogen (secondary N) is 1. The third-order valence-electron chi connectivity index (χ3n) is 3.59. The lowest BCUT2D eigenvalue weighted by atomic mass is 10.1. The number of aryl methyl sites for hydroxylation is 1. The summed E-state index contributed by atoms with van der Waals surface area (Å²) >= 11 is 0. The number of nitro groups is 1. The molecule has 0 unspecified atom stereocenters. The van der Waals surface area contributed by atoms with Crippen molar-refractivity contribution < 1.29 is 9.72 Å². The van der Waals surface area contributed by atoms with Gasteiger partial charge < -0.3 is 10.2 Å². The molecule has 0 radical (unpaired) electrons. The van der Waals surface area contributed by atoms with Crippen LogP contribution in [0, 0.1) is 10.1 Å². The summed E-state index contributed by atoms with van der Waals surface area (Å²) in [4.78, 5) is 24.7. The molecule has 1 heterocycles. The quantitative estimate of drug-likeness (QED) is 0.671. The van der Waals surface area contributed by atoms with E-state index in [1.165, 1.54) is 15.6 Å². The third-order valence-corrected chi connectivity index (χ3v) is 3.59. The van der Waals surface area contributed by atoms with Crippen molar-refractivity contribution in [1.29, 1.82) is 0 Å². The maximum atomic E-state index is 12.5. The Hall–Kier alpha value is -2.90. The molecule has 0 saturated heterocycles. The van der Waals surface area contributed by atoms with Crippen LogP contribution >= 0.6 is 0 Å². The van der Waals surface area contributed by atoms with Crippen molar-refractivity contribution in [3.8, 4) is 0 Å². The van der Waals surface area contributed by atoms with Crippen molar-refractivity contribution in [2.45, 2.75) is 19.8 Å². The topological polar surface area (TPSA) is 93.3 Å². The van der Waals surface area contributed by atoms with E-state index in [9.17, 15) is 14.9 Å². The Balaban J connectivity index is 2.61. The van der Waals surface area contributed by atoms with Gasteiger partial charge in [-0.15, -0.1) is 0 Å². The second-order valence-electron chi connectivity index (χ2n) is 5.99. The molecule has 2 aromatic rings. The second-order valence-corrected chi connectivity index (χ2v) is 5.99. The number of hydrogen-bond acceptors (Lipinski definition) is 5. The van der Waals surface area contributed by atoms with Crippen LogP contribution in [0.15, 0.2) is 24.3 Å².